The van der Waals surface area contributed by atoms with Crippen LogP contribution in [0.25, 0.3) is 0 Å². The van der Waals surface area contributed by atoms with Crippen LogP contribution in [0.5, 0.6) is 0 Å². The highest BCUT2D eigenvalue weighted by Crippen LogP contribution is 2.24. The first-order valence-corrected chi connectivity index (χ1v) is 11.7. The van der Waals surface area contributed by atoms with E-state index in [9.17, 15) is 9.59 Å². The number of carbonyl (C=O) groups excluding carboxylic acids is 2. The Balaban J connectivity index is 1.69. The van der Waals surface area contributed by atoms with Gasteiger partial charge in [-0.1, -0.05) is 30.8 Å². The number of carbonyl (C=O) groups is 2. The Morgan fingerprint density at radius 3 is 2.52 bits per heavy atom. The molecular formula is C23H31N5O2S. The highest BCUT2D eigenvalue weighted by molar-refractivity contribution is 7.98. The first kappa shape index (κ1) is 23.1. The molecule has 0 bridgehead atoms. The predicted molar refractivity (Wildman–Crippen MR) is 124 cm³/mol. The molecule has 0 spiro atoms. The summed E-state index contributed by atoms with van der Waals surface area (Å²) in [5.74, 6) is 1.67. The van der Waals surface area contributed by atoms with E-state index in [1.54, 1.807) is 18.7 Å². The number of nitrogens with one attached hydrogen (secondary N) is 1. The SMILES string of the molecule is CCc1cc(N2CCN(C(C)=O)CC2)nc(SCc2cccc(C(=O)NC(C)C)c2)n1. The van der Waals surface area contributed by atoms with Gasteiger partial charge in [0.15, 0.2) is 5.16 Å². The predicted octanol–water partition coefficient (Wildman–Crippen LogP) is 3.14. The number of nitrogens with zero attached hydrogens (tertiary/aromatic N) is 4. The van der Waals surface area contributed by atoms with E-state index >= 15 is 0 Å². The molecule has 1 fully saturated rings. The van der Waals surface area contributed by atoms with E-state index in [2.05, 4.69) is 22.1 Å². The molecule has 1 aromatic heterocycles. The van der Waals surface area contributed by atoms with Crippen molar-refractivity contribution in [2.75, 3.05) is 31.1 Å². The van der Waals surface area contributed by atoms with Crippen LogP contribution in [-0.2, 0) is 17.0 Å². The molecule has 2 amide bonds. The van der Waals surface area contributed by atoms with Gasteiger partial charge < -0.3 is 15.1 Å². The highest BCUT2D eigenvalue weighted by Gasteiger charge is 2.20. The zero-order valence-corrected chi connectivity index (χ0v) is 19.5. The molecule has 1 aromatic carbocycles. The number of benzene rings is 1. The van der Waals surface area contributed by atoms with Gasteiger partial charge in [0.05, 0.1) is 0 Å². The van der Waals surface area contributed by atoms with Gasteiger partial charge in [-0.25, -0.2) is 9.97 Å². The van der Waals surface area contributed by atoms with E-state index < -0.39 is 0 Å². The fourth-order valence-corrected chi connectivity index (χ4v) is 4.23. The summed E-state index contributed by atoms with van der Waals surface area (Å²) < 4.78 is 0. The average Bonchev–Trinajstić information content (AvgIpc) is 2.77. The molecule has 0 radical (unpaired) electrons. The summed E-state index contributed by atoms with van der Waals surface area (Å²) in [6, 6.07) is 9.84. The number of aryl methyl sites for hydroxylation is 1. The Bertz CT molecular complexity index is 926. The van der Waals surface area contributed by atoms with Gasteiger partial charge in [0.1, 0.15) is 5.82 Å². The van der Waals surface area contributed by atoms with Gasteiger partial charge in [-0.2, -0.15) is 0 Å². The molecular weight excluding hydrogens is 410 g/mol. The van der Waals surface area contributed by atoms with E-state index in [0.717, 1.165) is 41.7 Å². The summed E-state index contributed by atoms with van der Waals surface area (Å²) in [7, 11) is 0. The Morgan fingerprint density at radius 2 is 1.87 bits per heavy atom. The summed E-state index contributed by atoms with van der Waals surface area (Å²) in [5, 5.41) is 3.66. The van der Waals surface area contributed by atoms with Crippen LogP contribution in [0.2, 0.25) is 0 Å². The van der Waals surface area contributed by atoms with Crippen molar-refractivity contribution in [2.45, 2.75) is 51.1 Å². The average molecular weight is 442 g/mol. The third kappa shape index (κ3) is 6.43. The molecule has 0 aliphatic carbocycles. The fraction of sp³-hybridized carbons (Fsp3) is 0.478. The van der Waals surface area contributed by atoms with Crippen molar-refractivity contribution in [3.05, 3.63) is 47.2 Å². The van der Waals surface area contributed by atoms with Crippen molar-refractivity contribution < 1.29 is 9.59 Å². The van der Waals surface area contributed by atoms with Crippen LogP contribution in [0.1, 0.15) is 49.3 Å². The van der Waals surface area contributed by atoms with Crippen LogP contribution in [0.15, 0.2) is 35.5 Å². The topological polar surface area (TPSA) is 78.4 Å². The Labute approximate surface area is 188 Å². The minimum absolute atomic E-state index is 0.0573. The summed E-state index contributed by atoms with van der Waals surface area (Å²) in [6.07, 6.45) is 0.835. The number of thioether (sulfide) groups is 1. The van der Waals surface area contributed by atoms with Crippen molar-refractivity contribution in [3.63, 3.8) is 0 Å². The number of aromatic nitrogens is 2. The summed E-state index contributed by atoms with van der Waals surface area (Å²) >= 11 is 1.58. The van der Waals surface area contributed by atoms with Crippen LogP contribution in [0, 0.1) is 0 Å². The van der Waals surface area contributed by atoms with Crippen molar-refractivity contribution in [3.8, 4) is 0 Å². The second-order valence-electron chi connectivity index (χ2n) is 7.96. The lowest BCUT2D eigenvalue weighted by Gasteiger charge is -2.35. The quantitative estimate of drug-likeness (QED) is 0.525. The van der Waals surface area contributed by atoms with E-state index in [0.29, 0.717) is 24.4 Å². The molecule has 0 unspecified atom stereocenters. The maximum absolute atomic E-state index is 12.3. The molecule has 2 heterocycles. The number of anilines is 1. The van der Waals surface area contributed by atoms with Gasteiger partial charge in [-0.3, -0.25) is 9.59 Å². The number of amides is 2. The smallest absolute Gasteiger partial charge is 0.251 e. The molecule has 1 aliphatic heterocycles. The minimum Gasteiger partial charge on any atom is -0.353 e. The zero-order valence-electron chi connectivity index (χ0n) is 18.7. The Hall–Kier alpha value is -2.61. The molecule has 0 atom stereocenters. The Morgan fingerprint density at radius 1 is 1.13 bits per heavy atom. The van der Waals surface area contributed by atoms with Crippen LogP contribution >= 0.6 is 11.8 Å². The third-order valence-corrected chi connectivity index (χ3v) is 6.05. The fourth-order valence-electron chi connectivity index (χ4n) is 3.41. The summed E-state index contributed by atoms with van der Waals surface area (Å²) in [5.41, 5.74) is 2.73. The second kappa shape index (κ2) is 10.6. The third-order valence-electron chi connectivity index (χ3n) is 5.13. The lowest BCUT2D eigenvalue weighted by atomic mass is 10.1. The maximum Gasteiger partial charge on any atom is 0.251 e. The van der Waals surface area contributed by atoms with Crippen molar-refractivity contribution in [2.24, 2.45) is 0 Å². The number of hydrogen-bond acceptors (Lipinski definition) is 6. The van der Waals surface area contributed by atoms with Gasteiger partial charge in [0, 0.05) is 62.2 Å². The number of rotatable bonds is 7. The van der Waals surface area contributed by atoms with E-state index in [1.807, 2.05) is 49.1 Å². The standard InChI is InChI=1S/C23H31N5O2S/c1-5-20-14-21(28-11-9-27(10-12-28)17(4)29)26-23(25-20)31-15-18-7-6-8-19(13-18)22(30)24-16(2)3/h6-8,13-14,16H,5,9-12,15H2,1-4H3,(H,24,30). The van der Waals surface area contributed by atoms with Crippen molar-refractivity contribution in [1.29, 1.82) is 0 Å². The maximum atomic E-state index is 12.3. The van der Waals surface area contributed by atoms with E-state index in [-0.39, 0.29) is 17.9 Å². The van der Waals surface area contributed by atoms with Gasteiger partial charge in [0.2, 0.25) is 5.91 Å². The monoisotopic (exact) mass is 441 g/mol. The molecule has 31 heavy (non-hydrogen) atoms. The normalized spacial score (nSPS) is 14.1. The molecule has 7 nitrogen and oxygen atoms in total. The minimum atomic E-state index is -0.0573. The lowest BCUT2D eigenvalue weighted by Crippen LogP contribution is -2.48. The molecule has 1 N–H and O–H groups in total. The first-order chi connectivity index (χ1) is 14.9. The van der Waals surface area contributed by atoms with Crippen LogP contribution in [0.3, 0.4) is 0 Å². The van der Waals surface area contributed by atoms with Crippen molar-refractivity contribution >= 4 is 29.4 Å². The first-order valence-electron chi connectivity index (χ1n) is 10.8. The van der Waals surface area contributed by atoms with Gasteiger partial charge in [-0.15, -0.1) is 0 Å². The summed E-state index contributed by atoms with van der Waals surface area (Å²) in [6.45, 7) is 10.6. The molecule has 166 valence electrons. The Kier molecular flexibility index (Phi) is 7.90. The van der Waals surface area contributed by atoms with Gasteiger partial charge >= 0.3 is 0 Å². The molecule has 0 saturated carbocycles. The van der Waals surface area contributed by atoms with Crippen LogP contribution in [0.4, 0.5) is 5.82 Å². The molecule has 3 rings (SSSR count). The number of hydrogen-bond donors (Lipinski definition) is 1. The molecule has 2 aromatic rings. The van der Waals surface area contributed by atoms with Crippen molar-refractivity contribution in [1.82, 2.24) is 20.2 Å². The lowest BCUT2D eigenvalue weighted by molar-refractivity contribution is -0.129. The zero-order chi connectivity index (χ0) is 22.4. The molecule has 1 aliphatic rings. The highest BCUT2D eigenvalue weighted by atomic mass is 32.2. The molecule has 8 heteroatoms. The van der Waals surface area contributed by atoms with Crippen LogP contribution < -0.4 is 10.2 Å². The van der Waals surface area contributed by atoms with E-state index in [1.165, 1.54) is 0 Å². The number of piperazine rings is 1. The van der Waals surface area contributed by atoms with Gasteiger partial charge in [-0.05, 0) is 38.0 Å². The van der Waals surface area contributed by atoms with Gasteiger partial charge in [0.25, 0.3) is 5.91 Å². The van der Waals surface area contributed by atoms with Crippen LogP contribution in [-0.4, -0.2) is 58.9 Å². The van der Waals surface area contributed by atoms with E-state index in [4.69, 9.17) is 4.98 Å². The largest absolute Gasteiger partial charge is 0.353 e. The second-order valence-corrected chi connectivity index (χ2v) is 8.91. The summed E-state index contributed by atoms with van der Waals surface area (Å²) in [4.78, 5) is 37.4. The molecule has 1 saturated heterocycles.